The molecular formula is C6H12Au2O5S. The third-order valence-corrected chi connectivity index (χ3v) is 1.70. The minimum absolute atomic E-state index is 0. The summed E-state index contributed by atoms with van der Waals surface area (Å²) < 4.78 is 0. The zero-order valence-corrected chi connectivity index (χ0v) is 12.0. The van der Waals surface area contributed by atoms with Crippen molar-refractivity contribution in [2.24, 2.45) is 0 Å². The van der Waals surface area contributed by atoms with Crippen molar-refractivity contribution in [2.45, 2.75) is 24.4 Å². The molecule has 5 nitrogen and oxygen atoms in total. The van der Waals surface area contributed by atoms with E-state index in [2.05, 4.69) is 12.2 Å². The van der Waals surface area contributed by atoms with E-state index in [0.717, 1.165) is 5.37 Å². The molecule has 0 unspecified atom stereocenters. The number of aliphatic hydroxyl groups excluding tert-OH is 5. The smallest absolute Gasteiger partial charge is 0.113 e. The average Bonchev–Trinajstić information content (AvgIpc) is 2.12. The van der Waals surface area contributed by atoms with Crippen LogP contribution in [0.4, 0.5) is 0 Å². The first kappa shape index (κ1) is 20.7. The topological polar surface area (TPSA) is 101 Å². The van der Waals surface area contributed by atoms with Crippen molar-refractivity contribution in [2.75, 3.05) is 6.61 Å². The van der Waals surface area contributed by atoms with Crippen LogP contribution in [0.25, 0.3) is 0 Å². The zero-order valence-electron chi connectivity index (χ0n) is 6.84. The third-order valence-electron chi connectivity index (χ3n) is 1.42. The third kappa shape index (κ3) is 6.78. The molecular weight excluding hydrogens is 578 g/mol. The summed E-state index contributed by atoms with van der Waals surface area (Å²) in [5, 5.41) is 44.9. The van der Waals surface area contributed by atoms with Crippen LogP contribution in [0.1, 0.15) is 0 Å². The summed E-state index contributed by atoms with van der Waals surface area (Å²) in [5.74, 6) is 0. The van der Waals surface area contributed by atoms with Gasteiger partial charge >= 0.3 is 0 Å². The zero-order chi connectivity index (χ0) is 9.72. The Morgan fingerprint density at radius 3 is 1.71 bits per heavy atom. The molecule has 8 heteroatoms. The Labute approximate surface area is 118 Å². The van der Waals surface area contributed by atoms with Gasteiger partial charge in [-0.15, -0.1) is 0 Å². The average molecular weight is 590 g/mol. The summed E-state index contributed by atoms with van der Waals surface area (Å²) in [6.07, 6.45) is -6.06. The van der Waals surface area contributed by atoms with E-state index in [-0.39, 0.29) is 44.8 Å². The van der Waals surface area contributed by atoms with Gasteiger partial charge in [0.1, 0.15) is 24.4 Å². The number of thiocarbonyl (C=S) groups is 1. The van der Waals surface area contributed by atoms with Gasteiger partial charge in [0.25, 0.3) is 0 Å². The molecule has 0 heterocycles. The van der Waals surface area contributed by atoms with Gasteiger partial charge in [0.2, 0.25) is 0 Å². The second-order valence-electron chi connectivity index (χ2n) is 2.36. The second-order valence-corrected chi connectivity index (χ2v) is 2.63. The molecule has 0 saturated heterocycles. The van der Waals surface area contributed by atoms with E-state index in [1.807, 2.05) is 0 Å². The quantitative estimate of drug-likeness (QED) is 0.178. The first-order chi connectivity index (χ1) is 5.54. The van der Waals surface area contributed by atoms with Gasteiger partial charge in [-0.25, -0.2) is 0 Å². The van der Waals surface area contributed by atoms with E-state index < -0.39 is 31.0 Å². The summed E-state index contributed by atoms with van der Waals surface area (Å²) in [6, 6.07) is 0. The predicted molar refractivity (Wildman–Crippen MR) is 44.8 cm³/mol. The van der Waals surface area contributed by atoms with Crippen molar-refractivity contribution in [1.29, 1.82) is 0 Å². The van der Waals surface area contributed by atoms with Gasteiger partial charge in [0, 0.05) is 50.1 Å². The van der Waals surface area contributed by atoms with Crippen LogP contribution in [0.2, 0.25) is 0 Å². The number of rotatable bonds is 5. The van der Waals surface area contributed by atoms with Crippen LogP contribution in [0, 0.1) is 0 Å². The van der Waals surface area contributed by atoms with Gasteiger partial charge in [0.05, 0.1) is 6.61 Å². The molecule has 0 saturated carbocycles. The van der Waals surface area contributed by atoms with Crippen LogP contribution in [0.5, 0.6) is 0 Å². The summed E-state index contributed by atoms with van der Waals surface area (Å²) in [5.41, 5.74) is 0. The van der Waals surface area contributed by atoms with Crippen LogP contribution in [0.3, 0.4) is 0 Å². The molecule has 0 aliphatic heterocycles. The van der Waals surface area contributed by atoms with E-state index in [0.29, 0.717) is 0 Å². The molecule has 0 aliphatic rings. The van der Waals surface area contributed by atoms with E-state index in [9.17, 15) is 0 Å². The minimum Gasteiger partial charge on any atom is -0.394 e. The van der Waals surface area contributed by atoms with Gasteiger partial charge in [-0.2, -0.15) is 0 Å². The van der Waals surface area contributed by atoms with E-state index in [1.165, 1.54) is 0 Å². The van der Waals surface area contributed by atoms with Gasteiger partial charge < -0.3 is 25.5 Å². The Kier molecular flexibility index (Phi) is 16.1. The maximum Gasteiger partial charge on any atom is 0.113 e. The molecule has 0 aromatic rings. The van der Waals surface area contributed by atoms with Gasteiger partial charge in [0.15, 0.2) is 0 Å². The van der Waals surface area contributed by atoms with E-state index in [1.54, 1.807) is 0 Å². The summed E-state index contributed by atoms with van der Waals surface area (Å²) in [6.45, 7) is -0.692. The molecule has 94 valence electrons. The molecule has 0 aromatic carbocycles. The summed E-state index contributed by atoms with van der Waals surface area (Å²) in [7, 11) is 0. The van der Waals surface area contributed by atoms with Gasteiger partial charge in [-0.05, 0) is 0 Å². The summed E-state index contributed by atoms with van der Waals surface area (Å²) >= 11 is 4.30. The van der Waals surface area contributed by atoms with Crippen molar-refractivity contribution < 1.29 is 70.3 Å². The fourth-order valence-electron chi connectivity index (χ4n) is 0.618. The molecule has 0 spiro atoms. The van der Waals surface area contributed by atoms with Crippen LogP contribution in [0.15, 0.2) is 0 Å². The number of hydrogen-bond acceptors (Lipinski definition) is 6. The molecule has 0 amide bonds. The molecule has 2 radical (unpaired) electrons. The van der Waals surface area contributed by atoms with Crippen LogP contribution in [-0.2, 0) is 44.8 Å². The van der Waals surface area contributed by atoms with Crippen LogP contribution in [-0.4, -0.2) is 61.9 Å². The molecule has 0 rings (SSSR count). The van der Waals surface area contributed by atoms with Gasteiger partial charge in [-0.1, -0.05) is 12.2 Å². The normalized spacial score (nSPS) is 18.1. The van der Waals surface area contributed by atoms with Crippen molar-refractivity contribution in [1.82, 2.24) is 0 Å². The van der Waals surface area contributed by atoms with Gasteiger partial charge in [-0.3, -0.25) is 0 Å². The first-order valence-corrected chi connectivity index (χ1v) is 3.80. The fourth-order valence-corrected chi connectivity index (χ4v) is 0.779. The van der Waals surface area contributed by atoms with Crippen molar-refractivity contribution in [3.63, 3.8) is 0 Å². The molecule has 0 fully saturated rings. The Morgan fingerprint density at radius 1 is 1.00 bits per heavy atom. The monoisotopic (exact) mass is 590 g/mol. The Hall–Kier alpha value is 1.37. The largest absolute Gasteiger partial charge is 0.394 e. The molecule has 0 aliphatic carbocycles. The maximum absolute atomic E-state index is 9.02. The summed E-state index contributed by atoms with van der Waals surface area (Å²) in [4.78, 5) is 0. The molecule has 5 N–H and O–H groups in total. The number of aliphatic hydroxyl groups is 5. The predicted octanol–water partition coefficient (Wildman–Crippen LogP) is -2.58. The fraction of sp³-hybridized carbons (Fsp3) is 0.833. The Bertz CT molecular complexity index is 150. The Balaban J connectivity index is -0.000000605. The minimum atomic E-state index is -1.61. The molecule has 14 heavy (non-hydrogen) atoms. The van der Waals surface area contributed by atoms with Crippen molar-refractivity contribution in [3.05, 3.63) is 0 Å². The maximum atomic E-state index is 9.02. The Morgan fingerprint density at radius 2 is 1.43 bits per heavy atom. The van der Waals surface area contributed by atoms with E-state index in [4.69, 9.17) is 25.5 Å². The molecule has 4 atom stereocenters. The van der Waals surface area contributed by atoms with Crippen LogP contribution < -0.4 is 0 Å². The molecule has 0 aromatic heterocycles. The number of hydrogen-bond donors (Lipinski definition) is 5. The first-order valence-electron chi connectivity index (χ1n) is 3.33. The standard InChI is InChI=1S/C6H12O5S.2Au/c7-1-3(8)5(10)6(11)4(9)2-12;;/h2-11H,1H2;;/t3-,4+,5-,6-;;/m1../s1. The second kappa shape index (κ2) is 10.9. The SMILES string of the molecule is OC[C@@H](O)[C@@H](O)[C@H](O)[C@@H](O)C=S.[Au].[Au]. The van der Waals surface area contributed by atoms with E-state index >= 15 is 0 Å². The van der Waals surface area contributed by atoms with Crippen LogP contribution >= 0.6 is 12.2 Å². The molecule has 0 bridgehead atoms. The van der Waals surface area contributed by atoms with Crippen molar-refractivity contribution in [3.8, 4) is 0 Å². The van der Waals surface area contributed by atoms with Crippen molar-refractivity contribution >= 4 is 17.6 Å².